The van der Waals surface area contributed by atoms with Crippen molar-refractivity contribution < 1.29 is 9.47 Å². The Morgan fingerprint density at radius 2 is 2.08 bits per heavy atom. The van der Waals surface area contributed by atoms with Crippen molar-refractivity contribution in [3.8, 4) is 11.5 Å². The predicted octanol–water partition coefficient (Wildman–Crippen LogP) is 3.43. The van der Waals surface area contributed by atoms with Crippen molar-refractivity contribution in [2.45, 2.75) is 40.0 Å². The molecule has 24 heavy (non-hydrogen) atoms. The topological polar surface area (TPSA) is 48.3 Å². The van der Waals surface area contributed by atoms with Gasteiger partial charge in [0.15, 0.2) is 11.5 Å². The van der Waals surface area contributed by atoms with E-state index in [9.17, 15) is 0 Å². The number of halogens is 1. The molecule has 130 valence electrons. The fraction of sp³-hybridized carbons (Fsp3) is 0.500. The van der Waals surface area contributed by atoms with Crippen LogP contribution in [0.15, 0.2) is 24.3 Å². The average molecular weight is 350 g/mol. The monoisotopic (exact) mass is 349 g/mol. The maximum absolute atomic E-state index is 6.47. The normalized spacial score (nSPS) is 16.6. The van der Waals surface area contributed by atoms with Crippen molar-refractivity contribution in [1.29, 1.82) is 0 Å². The molecule has 0 aliphatic carbocycles. The van der Waals surface area contributed by atoms with E-state index in [2.05, 4.69) is 24.3 Å². The summed E-state index contributed by atoms with van der Waals surface area (Å²) in [6.45, 7) is 9.05. The van der Waals surface area contributed by atoms with Crippen molar-refractivity contribution in [3.05, 3.63) is 40.7 Å². The minimum atomic E-state index is -0.00955. The molecule has 1 aliphatic heterocycles. The number of ether oxygens (including phenoxy) is 2. The number of aromatic nitrogens is 2. The molecule has 0 fully saturated rings. The lowest BCUT2D eigenvalue weighted by Gasteiger charge is -2.26. The van der Waals surface area contributed by atoms with Gasteiger partial charge in [0.25, 0.3) is 0 Å². The molecule has 3 rings (SSSR count). The van der Waals surface area contributed by atoms with Gasteiger partial charge in [0.05, 0.1) is 5.69 Å². The van der Waals surface area contributed by atoms with Crippen LogP contribution in [0.4, 0.5) is 0 Å². The zero-order valence-electron chi connectivity index (χ0n) is 14.4. The van der Waals surface area contributed by atoms with Gasteiger partial charge in [-0.1, -0.05) is 37.6 Å². The number of hydrogen-bond donors (Lipinski definition) is 1. The molecular weight excluding hydrogens is 326 g/mol. The Labute approximate surface area is 147 Å². The first-order valence-electron chi connectivity index (χ1n) is 8.35. The molecule has 0 spiro atoms. The lowest BCUT2D eigenvalue weighted by Crippen LogP contribution is -2.38. The Morgan fingerprint density at radius 1 is 1.33 bits per heavy atom. The Morgan fingerprint density at radius 3 is 2.83 bits per heavy atom. The van der Waals surface area contributed by atoms with Crippen molar-refractivity contribution in [1.82, 2.24) is 15.1 Å². The molecule has 0 saturated carbocycles. The highest BCUT2D eigenvalue weighted by Crippen LogP contribution is 2.30. The average Bonchev–Trinajstić information content (AvgIpc) is 2.81. The van der Waals surface area contributed by atoms with E-state index in [1.54, 1.807) is 0 Å². The van der Waals surface area contributed by atoms with Gasteiger partial charge in [-0.05, 0) is 25.0 Å². The molecule has 0 unspecified atom stereocenters. The second-order valence-corrected chi connectivity index (χ2v) is 6.92. The summed E-state index contributed by atoms with van der Waals surface area (Å²) >= 11 is 6.47. The van der Waals surface area contributed by atoms with Crippen LogP contribution in [-0.4, -0.2) is 29.0 Å². The Bertz CT molecular complexity index is 700. The van der Waals surface area contributed by atoms with Crippen LogP contribution in [-0.2, 0) is 13.1 Å². The van der Waals surface area contributed by atoms with Crippen LogP contribution < -0.4 is 14.8 Å². The fourth-order valence-electron chi connectivity index (χ4n) is 2.78. The highest BCUT2D eigenvalue weighted by atomic mass is 35.5. The van der Waals surface area contributed by atoms with Gasteiger partial charge in [0.1, 0.15) is 17.9 Å². The summed E-state index contributed by atoms with van der Waals surface area (Å²) in [5.74, 6) is 2.12. The highest BCUT2D eigenvalue weighted by Gasteiger charge is 2.21. The number of hydrogen-bond acceptors (Lipinski definition) is 4. The molecule has 2 heterocycles. The maximum Gasteiger partial charge on any atom is 0.161 e. The van der Waals surface area contributed by atoms with Gasteiger partial charge in [0.2, 0.25) is 0 Å². The van der Waals surface area contributed by atoms with Crippen LogP contribution in [0.2, 0.25) is 5.15 Å². The molecule has 1 atom stereocenters. The summed E-state index contributed by atoms with van der Waals surface area (Å²) in [6, 6.07) is 7.74. The lowest BCUT2D eigenvalue weighted by molar-refractivity contribution is 0.0902. The Kier molecular flexibility index (Phi) is 5.31. The molecule has 1 aliphatic rings. The number of nitrogens with one attached hydrogen (secondary N) is 1. The molecular formula is C18H24ClN3O2. The summed E-state index contributed by atoms with van der Waals surface area (Å²) in [5, 5.41) is 8.66. The Balaban J connectivity index is 1.55. The molecule has 5 nitrogen and oxygen atoms in total. The third kappa shape index (κ3) is 3.84. The summed E-state index contributed by atoms with van der Waals surface area (Å²) in [4.78, 5) is 0. The lowest BCUT2D eigenvalue weighted by atomic mass is 10.2. The van der Waals surface area contributed by atoms with Crippen LogP contribution in [0.5, 0.6) is 11.5 Å². The van der Waals surface area contributed by atoms with Crippen molar-refractivity contribution in [3.63, 3.8) is 0 Å². The molecule has 1 N–H and O–H groups in total. The van der Waals surface area contributed by atoms with Gasteiger partial charge in [-0.2, -0.15) is 5.10 Å². The van der Waals surface area contributed by atoms with Gasteiger partial charge >= 0.3 is 0 Å². The zero-order valence-corrected chi connectivity index (χ0v) is 15.1. The second kappa shape index (κ2) is 7.45. The molecule has 1 aromatic carbocycles. The SMILES string of the molecule is Cc1nn(CC(C)C)c(Cl)c1CNC[C@H]1COc2ccccc2O1. The van der Waals surface area contributed by atoms with Gasteiger partial charge in [0, 0.05) is 25.2 Å². The number of aryl methyl sites for hydroxylation is 1. The second-order valence-electron chi connectivity index (χ2n) is 6.56. The maximum atomic E-state index is 6.47. The summed E-state index contributed by atoms with van der Waals surface area (Å²) in [6.07, 6.45) is -0.00955. The zero-order chi connectivity index (χ0) is 17.1. The van der Waals surface area contributed by atoms with E-state index >= 15 is 0 Å². The third-order valence-electron chi connectivity index (χ3n) is 3.96. The summed E-state index contributed by atoms with van der Waals surface area (Å²) in [7, 11) is 0. The van der Waals surface area contributed by atoms with Crippen molar-refractivity contribution in [2.75, 3.05) is 13.2 Å². The summed E-state index contributed by atoms with van der Waals surface area (Å²) < 4.78 is 13.6. The van der Waals surface area contributed by atoms with Gasteiger partial charge < -0.3 is 14.8 Å². The van der Waals surface area contributed by atoms with E-state index in [0.29, 0.717) is 25.6 Å². The predicted molar refractivity (Wildman–Crippen MR) is 94.9 cm³/mol. The molecule has 0 bridgehead atoms. The summed E-state index contributed by atoms with van der Waals surface area (Å²) in [5.41, 5.74) is 2.02. The van der Waals surface area contributed by atoms with Crippen LogP contribution in [0.3, 0.4) is 0 Å². The van der Waals surface area contributed by atoms with E-state index in [1.807, 2.05) is 35.9 Å². The molecule has 0 amide bonds. The van der Waals surface area contributed by atoms with Gasteiger partial charge in [-0.15, -0.1) is 0 Å². The minimum absolute atomic E-state index is 0.00955. The van der Waals surface area contributed by atoms with Crippen molar-refractivity contribution >= 4 is 11.6 Å². The number of benzene rings is 1. The third-order valence-corrected chi connectivity index (χ3v) is 4.39. The van der Waals surface area contributed by atoms with E-state index < -0.39 is 0 Å². The number of para-hydroxylation sites is 2. The first-order valence-corrected chi connectivity index (χ1v) is 8.73. The van der Waals surface area contributed by atoms with Gasteiger partial charge in [-0.3, -0.25) is 4.68 Å². The fourth-order valence-corrected chi connectivity index (χ4v) is 3.09. The minimum Gasteiger partial charge on any atom is -0.486 e. The van der Waals surface area contributed by atoms with Crippen LogP contribution >= 0.6 is 11.6 Å². The van der Waals surface area contributed by atoms with E-state index in [-0.39, 0.29) is 6.10 Å². The van der Waals surface area contributed by atoms with E-state index in [4.69, 9.17) is 21.1 Å². The standard InChI is InChI=1S/C18H24ClN3O2/c1-12(2)10-22-18(19)15(13(3)21-22)9-20-8-14-11-23-16-6-4-5-7-17(16)24-14/h4-7,12,14,20H,8-11H2,1-3H3/t14-/m0/s1. The van der Waals surface area contributed by atoms with Crippen LogP contribution in [0, 0.1) is 12.8 Å². The Hall–Kier alpha value is -1.72. The first-order chi connectivity index (χ1) is 11.5. The van der Waals surface area contributed by atoms with Crippen molar-refractivity contribution in [2.24, 2.45) is 5.92 Å². The van der Waals surface area contributed by atoms with Gasteiger partial charge in [-0.25, -0.2) is 0 Å². The smallest absolute Gasteiger partial charge is 0.161 e. The van der Waals surface area contributed by atoms with Crippen LogP contribution in [0.1, 0.15) is 25.1 Å². The molecule has 2 aromatic rings. The van der Waals surface area contributed by atoms with E-state index in [0.717, 1.165) is 34.5 Å². The first kappa shape index (κ1) is 17.1. The number of rotatable bonds is 6. The van der Waals surface area contributed by atoms with Crippen LogP contribution in [0.25, 0.3) is 0 Å². The largest absolute Gasteiger partial charge is 0.486 e. The molecule has 1 aromatic heterocycles. The highest BCUT2D eigenvalue weighted by molar-refractivity contribution is 6.30. The number of fused-ring (bicyclic) bond motifs is 1. The quantitative estimate of drug-likeness (QED) is 0.868. The molecule has 6 heteroatoms. The molecule has 0 radical (unpaired) electrons. The molecule has 0 saturated heterocycles. The van der Waals surface area contributed by atoms with E-state index in [1.165, 1.54) is 0 Å². The number of nitrogens with zero attached hydrogens (tertiary/aromatic N) is 2.